The van der Waals surface area contributed by atoms with Gasteiger partial charge in [-0.25, -0.2) is 4.39 Å². The van der Waals surface area contributed by atoms with Crippen molar-refractivity contribution in [2.45, 2.75) is 53.9 Å². The maximum Gasteiger partial charge on any atom is 0.123 e. The molecule has 0 heterocycles. The Morgan fingerprint density at radius 2 is 1.68 bits per heavy atom. The minimum absolute atomic E-state index is 0.223. The predicted molar refractivity (Wildman–Crippen MR) is 136 cm³/mol. The molecule has 31 heavy (non-hydrogen) atoms. The zero-order chi connectivity index (χ0) is 23.0. The minimum atomic E-state index is -0.223. The molecular formula is C30H35F. The molecule has 0 aliphatic carbocycles. The van der Waals surface area contributed by atoms with Crippen LogP contribution in [0.4, 0.5) is 4.39 Å². The van der Waals surface area contributed by atoms with E-state index < -0.39 is 0 Å². The second kappa shape index (κ2) is 11.5. The summed E-state index contributed by atoms with van der Waals surface area (Å²) in [6.45, 7) is 18.9. The van der Waals surface area contributed by atoms with Crippen molar-refractivity contribution in [3.05, 3.63) is 113 Å². The maximum absolute atomic E-state index is 13.3. The van der Waals surface area contributed by atoms with Crippen LogP contribution in [0.15, 0.2) is 79.4 Å². The summed E-state index contributed by atoms with van der Waals surface area (Å²) in [5.74, 6) is -0.223. The standard InChI is InChI=1S/C30H35F/c1-8-10-11-12-28(21(3)4)29-20-14-23(6)30(24(29)7)22(5)13-15-25(9-2)26-16-18-27(31)19-17-26/h8-9,13-20H,1,5,10-12H2,2-4,6-7H3/b15-13-,25-9+. The van der Waals surface area contributed by atoms with Crippen molar-refractivity contribution in [3.63, 3.8) is 0 Å². The Morgan fingerprint density at radius 1 is 1.00 bits per heavy atom. The molecule has 2 aromatic rings. The topological polar surface area (TPSA) is 0 Å². The van der Waals surface area contributed by atoms with E-state index in [1.54, 1.807) is 12.1 Å². The van der Waals surface area contributed by atoms with Gasteiger partial charge in [-0.05, 0) is 111 Å². The van der Waals surface area contributed by atoms with Crippen LogP contribution in [0.2, 0.25) is 0 Å². The van der Waals surface area contributed by atoms with E-state index in [1.807, 2.05) is 19.1 Å². The number of aryl methyl sites for hydroxylation is 1. The largest absolute Gasteiger partial charge is 0.207 e. The molecule has 2 aromatic carbocycles. The monoisotopic (exact) mass is 414 g/mol. The fourth-order valence-corrected chi connectivity index (χ4v) is 4.02. The van der Waals surface area contributed by atoms with Crippen molar-refractivity contribution >= 4 is 16.7 Å². The zero-order valence-electron chi connectivity index (χ0n) is 19.7. The van der Waals surface area contributed by atoms with Gasteiger partial charge in [0.2, 0.25) is 0 Å². The summed E-state index contributed by atoms with van der Waals surface area (Å²) < 4.78 is 13.3. The van der Waals surface area contributed by atoms with Gasteiger partial charge in [0, 0.05) is 0 Å². The van der Waals surface area contributed by atoms with E-state index in [9.17, 15) is 4.39 Å². The summed E-state index contributed by atoms with van der Waals surface area (Å²) in [7, 11) is 0. The number of hydrogen-bond acceptors (Lipinski definition) is 0. The van der Waals surface area contributed by atoms with E-state index in [0.29, 0.717) is 0 Å². The molecule has 0 aliphatic heterocycles. The first kappa shape index (κ1) is 24.3. The van der Waals surface area contributed by atoms with Crippen LogP contribution in [0.1, 0.15) is 67.9 Å². The highest BCUT2D eigenvalue weighted by Crippen LogP contribution is 2.33. The molecule has 2 rings (SSSR count). The summed E-state index contributed by atoms with van der Waals surface area (Å²) in [6, 6.07) is 11.0. The van der Waals surface area contributed by atoms with Gasteiger partial charge in [0.25, 0.3) is 0 Å². The van der Waals surface area contributed by atoms with Gasteiger partial charge in [-0.3, -0.25) is 0 Å². The van der Waals surface area contributed by atoms with Gasteiger partial charge >= 0.3 is 0 Å². The average Bonchev–Trinajstić information content (AvgIpc) is 2.73. The fraction of sp³-hybridized carbons (Fsp3) is 0.267. The first-order chi connectivity index (χ1) is 14.8. The number of halogens is 1. The normalized spacial score (nSPS) is 11.6. The van der Waals surface area contributed by atoms with Gasteiger partial charge in [-0.2, -0.15) is 0 Å². The third-order valence-corrected chi connectivity index (χ3v) is 5.71. The first-order valence-corrected chi connectivity index (χ1v) is 11.0. The molecule has 0 aliphatic rings. The lowest BCUT2D eigenvalue weighted by Crippen LogP contribution is -1.99. The Kier molecular flexibility index (Phi) is 9.00. The summed E-state index contributed by atoms with van der Waals surface area (Å²) >= 11 is 0. The second-order valence-corrected chi connectivity index (χ2v) is 8.20. The predicted octanol–water partition coefficient (Wildman–Crippen LogP) is 9.27. The summed E-state index contributed by atoms with van der Waals surface area (Å²) in [5.41, 5.74) is 10.8. The van der Waals surface area contributed by atoms with Crippen molar-refractivity contribution in [2.75, 3.05) is 0 Å². The highest BCUT2D eigenvalue weighted by molar-refractivity contribution is 5.84. The quantitative estimate of drug-likeness (QED) is 0.218. The molecule has 0 N–H and O–H groups in total. The number of hydrogen-bond donors (Lipinski definition) is 0. The lowest BCUT2D eigenvalue weighted by molar-refractivity contribution is 0.627. The Morgan fingerprint density at radius 3 is 2.26 bits per heavy atom. The van der Waals surface area contributed by atoms with Gasteiger partial charge in [0.1, 0.15) is 5.82 Å². The lowest BCUT2D eigenvalue weighted by atomic mass is 9.86. The van der Waals surface area contributed by atoms with Crippen LogP contribution in [-0.4, -0.2) is 0 Å². The van der Waals surface area contributed by atoms with Crippen molar-refractivity contribution in [1.82, 2.24) is 0 Å². The molecule has 162 valence electrons. The molecule has 0 fully saturated rings. The molecule has 0 aromatic heterocycles. The van der Waals surface area contributed by atoms with Crippen LogP contribution in [-0.2, 0) is 0 Å². The van der Waals surface area contributed by atoms with Crippen molar-refractivity contribution in [3.8, 4) is 0 Å². The average molecular weight is 415 g/mol. The van der Waals surface area contributed by atoms with Crippen molar-refractivity contribution in [2.24, 2.45) is 0 Å². The number of benzene rings is 2. The Hall–Kier alpha value is -2.93. The van der Waals surface area contributed by atoms with Crippen LogP contribution < -0.4 is 0 Å². The molecule has 0 atom stereocenters. The van der Waals surface area contributed by atoms with E-state index in [0.717, 1.165) is 36.0 Å². The van der Waals surface area contributed by atoms with Gasteiger partial charge < -0.3 is 0 Å². The third-order valence-electron chi connectivity index (χ3n) is 5.71. The smallest absolute Gasteiger partial charge is 0.123 e. The number of allylic oxidation sites excluding steroid dienone is 8. The highest BCUT2D eigenvalue weighted by atomic mass is 19.1. The van der Waals surface area contributed by atoms with E-state index in [2.05, 4.69) is 65.1 Å². The molecule has 1 heteroatoms. The summed E-state index contributed by atoms with van der Waals surface area (Å²) in [5, 5.41) is 0. The minimum Gasteiger partial charge on any atom is -0.207 e. The molecular weight excluding hydrogens is 379 g/mol. The van der Waals surface area contributed by atoms with E-state index in [1.165, 1.54) is 45.5 Å². The van der Waals surface area contributed by atoms with Crippen LogP contribution in [0.25, 0.3) is 16.7 Å². The zero-order valence-corrected chi connectivity index (χ0v) is 19.7. The van der Waals surface area contributed by atoms with Crippen LogP contribution in [0.5, 0.6) is 0 Å². The first-order valence-electron chi connectivity index (χ1n) is 11.0. The summed E-state index contributed by atoms with van der Waals surface area (Å²) in [6.07, 6.45) is 11.3. The molecule has 0 radical (unpaired) electrons. The lowest BCUT2D eigenvalue weighted by Gasteiger charge is -2.19. The molecule has 0 saturated carbocycles. The number of rotatable bonds is 9. The van der Waals surface area contributed by atoms with Gasteiger partial charge in [-0.1, -0.05) is 60.7 Å². The van der Waals surface area contributed by atoms with E-state index in [-0.39, 0.29) is 5.82 Å². The highest BCUT2D eigenvalue weighted by Gasteiger charge is 2.13. The maximum atomic E-state index is 13.3. The van der Waals surface area contributed by atoms with Gasteiger partial charge in [0.15, 0.2) is 0 Å². The second-order valence-electron chi connectivity index (χ2n) is 8.20. The van der Waals surface area contributed by atoms with Crippen LogP contribution >= 0.6 is 0 Å². The SMILES string of the molecule is C=CCCCC(=C(C)C)c1ccc(C)c(C(=C)/C=C\C(=C/C)c2ccc(F)cc2)c1C. The Bertz CT molecular complexity index is 1020. The molecule has 0 nitrogen and oxygen atoms in total. The molecule has 0 saturated heterocycles. The third kappa shape index (κ3) is 6.28. The molecule has 0 bridgehead atoms. The van der Waals surface area contributed by atoms with Crippen LogP contribution in [0, 0.1) is 19.7 Å². The van der Waals surface area contributed by atoms with Crippen molar-refractivity contribution < 1.29 is 4.39 Å². The summed E-state index contributed by atoms with van der Waals surface area (Å²) in [4.78, 5) is 0. The molecule has 0 unspecified atom stereocenters. The van der Waals surface area contributed by atoms with E-state index in [4.69, 9.17) is 0 Å². The van der Waals surface area contributed by atoms with Gasteiger partial charge in [0.05, 0.1) is 0 Å². The Balaban J connectivity index is 2.39. The van der Waals surface area contributed by atoms with Crippen LogP contribution in [0.3, 0.4) is 0 Å². The van der Waals surface area contributed by atoms with Gasteiger partial charge in [-0.15, -0.1) is 6.58 Å². The molecule has 0 spiro atoms. The Labute approximate surface area is 188 Å². The molecule has 0 amide bonds. The van der Waals surface area contributed by atoms with Crippen molar-refractivity contribution in [1.29, 1.82) is 0 Å². The van der Waals surface area contributed by atoms with E-state index >= 15 is 0 Å². The fourth-order valence-electron chi connectivity index (χ4n) is 4.02. The number of unbranched alkanes of at least 4 members (excludes halogenated alkanes) is 1.